The highest BCUT2D eigenvalue weighted by Gasteiger charge is 2.16. The van der Waals surface area contributed by atoms with E-state index in [-0.39, 0.29) is 0 Å². The summed E-state index contributed by atoms with van der Waals surface area (Å²) in [4.78, 5) is 11.1. The summed E-state index contributed by atoms with van der Waals surface area (Å²) in [5.74, 6) is -0.517. The van der Waals surface area contributed by atoms with Crippen LogP contribution < -0.4 is 11.1 Å². The van der Waals surface area contributed by atoms with Gasteiger partial charge in [-0.15, -0.1) is 0 Å². The van der Waals surface area contributed by atoms with Crippen molar-refractivity contribution in [2.45, 2.75) is 12.5 Å². The van der Waals surface area contributed by atoms with Crippen LogP contribution >= 0.6 is 11.6 Å². The first kappa shape index (κ1) is 11.2. The standard InChI is InChI=1S/C11H13ClN2O2/c12-10-2-1-7(5-9(10)11(13)15)14-8-3-4-16-6-8/h1-2,5,8,14H,3-4,6H2,(H2,13,15). The number of primary amides is 1. The monoisotopic (exact) mass is 240 g/mol. The topological polar surface area (TPSA) is 64.4 Å². The number of nitrogens with two attached hydrogens (primary N) is 1. The second kappa shape index (κ2) is 4.72. The fourth-order valence-corrected chi connectivity index (χ4v) is 1.90. The van der Waals surface area contributed by atoms with Crippen molar-refractivity contribution in [1.82, 2.24) is 0 Å². The lowest BCUT2D eigenvalue weighted by atomic mass is 10.1. The molecule has 86 valence electrons. The van der Waals surface area contributed by atoms with Gasteiger partial charge in [0.15, 0.2) is 0 Å². The number of hydrogen-bond donors (Lipinski definition) is 2. The molecule has 0 bridgehead atoms. The summed E-state index contributed by atoms with van der Waals surface area (Å²) in [5.41, 5.74) is 6.40. The Morgan fingerprint density at radius 2 is 2.38 bits per heavy atom. The molecule has 1 fully saturated rings. The molecule has 1 atom stereocenters. The van der Waals surface area contributed by atoms with E-state index in [1.165, 1.54) is 0 Å². The minimum Gasteiger partial charge on any atom is -0.380 e. The molecule has 1 unspecified atom stereocenters. The quantitative estimate of drug-likeness (QED) is 0.844. The lowest BCUT2D eigenvalue weighted by molar-refractivity contribution is 0.100. The maximum atomic E-state index is 11.1. The summed E-state index contributed by atoms with van der Waals surface area (Å²) in [6.07, 6.45) is 0.967. The summed E-state index contributed by atoms with van der Waals surface area (Å²) >= 11 is 5.85. The smallest absolute Gasteiger partial charge is 0.250 e. The van der Waals surface area contributed by atoms with Crippen LogP contribution in [0.5, 0.6) is 0 Å². The average molecular weight is 241 g/mol. The number of anilines is 1. The number of carbonyl (C=O) groups excluding carboxylic acids is 1. The van der Waals surface area contributed by atoms with Crippen LogP contribution in [0.4, 0.5) is 5.69 Å². The molecule has 0 spiro atoms. The zero-order chi connectivity index (χ0) is 11.5. The van der Waals surface area contributed by atoms with E-state index < -0.39 is 5.91 Å². The number of hydrogen-bond acceptors (Lipinski definition) is 3. The number of amides is 1. The van der Waals surface area contributed by atoms with Crippen LogP contribution in [0, 0.1) is 0 Å². The van der Waals surface area contributed by atoms with E-state index in [1.54, 1.807) is 12.1 Å². The van der Waals surface area contributed by atoms with Gasteiger partial charge in [0, 0.05) is 12.3 Å². The molecular formula is C11H13ClN2O2. The van der Waals surface area contributed by atoms with Crippen LogP contribution in [0.25, 0.3) is 0 Å². The lowest BCUT2D eigenvalue weighted by Gasteiger charge is -2.13. The number of ether oxygens (including phenoxy) is 1. The second-order valence-electron chi connectivity index (χ2n) is 3.76. The molecule has 4 nitrogen and oxygen atoms in total. The van der Waals surface area contributed by atoms with Gasteiger partial charge in [0.2, 0.25) is 5.91 Å². The van der Waals surface area contributed by atoms with Crippen LogP contribution in [0.15, 0.2) is 18.2 Å². The van der Waals surface area contributed by atoms with Crippen molar-refractivity contribution in [3.8, 4) is 0 Å². The van der Waals surface area contributed by atoms with Crippen LogP contribution in [0.2, 0.25) is 5.02 Å². The second-order valence-corrected chi connectivity index (χ2v) is 4.17. The molecule has 1 saturated heterocycles. The van der Waals surface area contributed by atoms with Crippen LogP contribution in [-0.2, 0) is 4.74 Å². The number of rotatable bonds is 3. The molecule has 0 saturated carbocycles. The van der Waals surface area contributed by atoms with Crippen molar-refractivity contribution >= 4 is 23.2 Å². The minimum atomic E-state index is -0.517. The molecule has 2 rings (SSSR count). The van der Waals surface area contributed by atoms with Crippen molar-refractivity contribution in [2.75, 3.05) is 18.5 Å². The first-order valence-electron chi connectivity index (χ1n) is 5.10. The Hall–Kier alpha value is -1.26. The van der Waals surface area contributed by atoms with Gasteiger partial charge in [-0.2, -0.15) is 0 Å². The van der Waals surface area contributed by atoms with E-state index >= 15 is 0 Å². The molecule has 16 heavy (non-hydrogen) atoms. The summed E-state index contributed by atoms with van der Waals surface area (Å²) in [7, 11) is 0. The number of nitrogens with one attached hydrogen (secondary N) is 1. The Bertz CT molecular complexity index is 403. The van der Waals surface area contributed by atoms with Gasteiger partial charge in [0.05, 0.1) is 23.2 Å². The van der Waals surface area contributed by atoms with Crippen LogP contribution in [-0.4, -0.2) is 25.2 Å². The fourth-order valence-electron chi connectivity index (χ4n) is 1.69. The Kier molecular flexibility index (Phi) is 3.31. The Balaban J connectivity index is 2.15. The number of benzene rings is 1. The zero-order valence-electron chi connectivity index (χ0n) is 8.70. The SMILES string of the molecule is NC(=O)c1cc(NC2CCOC2)ccc1Cl. The van der Waals surface area contributed by atoms with Gasteiger partial charge >= 0.3 is 0 Å². The van der Waals surface area contributed by atoms with Crippen molar-refractivity contribution < 1.29 is 9.53 Å². The Morgan fingerprint density at radius 3 is 3.00 bits per heavy atom. The molecule has 1 amide bonds. The minimum absolute atomic E-state index is 0.293. The molecular weight excluding hydrogens is 228 g/mol. The van der Waals surface area contributed by atoms with Gasteiger partial charge in [-0.05, 0) is 24.6 Å². The highest BCUT2D eigenvalue weighted by molar-refractivity contribution is 6.33. The van der Waals surface area contributed by atoms with Crippen molar-refractivity contribution in [3.63, 3.8) is 0 Å². The molecule has 0 radical (unpaired) electrons. The van der Waals surface area contributed by atoms with E-state index in [0.717, 1.165) is 18.7 Å². The maximum Gasteiger partial charge on any atom is 0.250 e. The predicted octanol–water partition coefficient (Wildman–Crippen LogP) is 1.64. The van der Waals surface area contributed by atoms with Gasteiger partial charge < -0.3 is 15.8 Å². The summed E-state index contributed by atoms with van der Waals surface area (Å²) in [6.45, 7) is 1.46. The van der Waals surface area contributed by atoms with Gasteiger partial charge in [0.25, 0.3) is 0 Å². The molecule has 0 aromatic heterocycles. The van der Waals surface area contributed by atoms with Crippen LogP contribution in [0.1, 0.15) is 16.8 Å². The highest BCUT2D eigenvalue weighted by atomic mass is 35.5. The molecule has 5 heteroatoms. The molecule has 3 N–H and O–H groups in total. The van der Waals surface area contributed by atoms with E-state index in [1.807, 2.05) is 6.07 Å². The average Bonchev–Trinajstić information content (AvgIpc) is 2.73. The van der Waals surface area contributed by atoms with Gasteiger partial charge in [-0.3, -0.25) is 4.79 Å². The predicted molar refractivity (Wildman–Crippen MR) is 62.8 cm³/mol. The largest absolute Gasteiger partial charge is 0.380 e. The third-order valence-electron chi connectivity index (χ3n) is 2.53. The van der Waals surface area contributed by atoms with E-state index in [0.29, 0.717) is 23.2 Å². The van der Waals surface area contributed by atoms with Crippen molar-refractivity contribution in [2.24, 2.45) is 5.73 Å². The molecule has 1 aliphatic rings. The van der Waals surface area contributed by atoms with Crippen LogP contribution in [0.3, 0.4) is 0 Å². The molecule has 1 aromatic carbocycles. The number of halogens is 1. The van der Waals surface area contributed by atoms with Gasteiger partial charge in [-0.1, -0.05) is 11.6 Å². The molecule has 0 aliphatic carbocycles. The first-order valence-corrected chi connectivity index (χ1v) is 5.48. The Labute approximate surface area is 98.7 Å². The van der Waals surface area contributed by atoms with E-state index in [9.17, 15) is 4.79 Å². The van der Waals surface area contributed by atoms with E-state index in [2.05, 4.69) is 5.32 Å². The Morgan fingerprint density at radius 1 is 1.56 bits per heavy atom. The third kappa shape index (κ3) is 2.46. The van der Waals surface area contributed by atoms with Gasteiger partial charge in [0.1, 0.15) is 0 Å². The fraction of sp³-hybridized carbons (Fsp3) is 0.364. The summed E-state index contributed by atoms with van der Waals surface area (Å²) < 4.78 is 5.25. The maximum absolute atomic E-state index is 11.1. The first-order chi connectivity index (χ1) is 7.66. The van der Waals surface area contributed by atoms with Crippen molar-refractivity contribution in [3.05, 3.63) is 28.8 Å². The molecule has 1 aromatic rings. The lowest BCUT2D eigenvalue weighted by Crippen LogP contribution is -2.19. The number of carbonyl (C=O) groups is 1. The van der Waals surface area contributed by atoms with Gasteiger partial charge in [-0.25, -0.2) is 0 Å². The highest BCUT2D eigenvalue weighted by Crippen LogP contribution is 2.21. The summed E-state index contributed by atoms with van der Waals surface area (Å²) in [6, 6.07) is 5.46. The normalized spacial score (nSPS) is 19.7. The third-order valence-corrected chi connectivity index (χ3v) is 2.86. The zero-order valence-corrected chi connectivity index (χ0v) is 9.46. The molecule has 1 heterocycles. The molecule has 1 aliphatic heterocycles. The van der Waals surface area contributed by atoms with Crippen molar-refractivity contribution in [1.29, 1.82) is 0 Å². The summed E-state index contributed by atoms with van der Waals surface area (Å²) in [5, 5.41) is 3.65. The van der Waals surface area contributed by atoms with E-state index in [4.69, 9.17) is 22.1 Å².